The van der Waals surface area contributed by atoms with Gasteiger partial charge in [-0.2, -0.15) is 0 Å². The van der Waals surface area contributed by atoms with Gasteiger partial charge >= 0.3 is 0 Å². The van der Waals surface area contributed by atoms with E-state index in [4.69, 9.17) is 34.1 Å². The average Bonchev–Trinajstić information content (AvgIpc) is 3.04. The Hall–Kier alpha value is -4.89. The number of benzene rings is 1. The Bertz CT molecular complexity index is 1260. The van der Waals surface area contributed by atoms with E-state index in [2.05, 4.69) is 38.2 Å². The van der Waals surface area contributed by atoms with Crippen molar-refractivity contribution in [2.45, 2.75) is 110 Å². The lowest BCUT2D eigenvalue weighted by Crippen LogP contribution is -2.58. The van der Waals surface area contributed by atoms with Crippen LogP contribution in [-0.4, -0.2) is 72.6 Å². The van der Waals surface area contributed by atoms with E-state index in [0.29, 0.717) is 24.8 Å². The van der Waals surface area contributed by atoms with E-state index in [1.54, 1.807) is 38.1 Å². The fourth-order valence-corrected chi connectivity index (χ4v) is 4.87. The predicted octanol–water partition coefficient (Wildman–Crippen LogP) is 0.165. The maximum Gasteiger partial charge on any atom is 0.243 e. The summed E-state index contributed by atoms with van der Waals surface area (Å²) in [6, 6.07) is 3.96. The number of amidine groups is 1. The molecule has 0 spiro atoms. The molecule has 274 valence electrons. The van der Waals surface area contributed by atoms with Gasteiger partial charge in [0.1, 0.15) is 24.0 Å². The molecule has 49 heavy (non-hydrogen) atoms. The standard InChI is InChI=1S/C33H58N12O4/c1-4-5-6-7-8-13-26(46)43-25(12-10-19-41-33(38)39)30(48)45-27(21(2)3)31(49)44-24(11-9-18-40-32(36)37)29(47)42-20-22-14-16-23(17-15-22)28(34)35/h14-17,21,24-25,27H,4-13,18-20H2,1-3H3,(H3,34,35)(H,42,47)(H,43,46)(H,44,49)(H,45,48)(H4,36,37,40)(H4,38,39,41)/t24-,25-,27-/m0/s1. The van der Waals surface area contributed by atoms with Gasteiger partial charge in [-0.3, -0.25) is 34.6 Å². The van der Waals surface area contributed by atoms with Crippen LogP contribution in [0.3, 0.4) is 0 Å². The largest absolute Gasteiger partial charge is 0.384 e. The smallest absolute Gasteiger partial charge is 0.243 e. The molecule has 3 atom stereocenters. The Balaban J connectivity index is 3.04. The minimum Gasteiger partial charge on any atom is -0.384 e. The number of nitrogen functional groups attached to an aromatic ring is 1. The van der Waals surface area contributed by atoms with Gasteiger partial charge in [0, 0.05) is 31.6 Å². The Morgan fingerprint density at radius 3 is 1.78 bits per heavy atom. The van der Waals surface area contributed by atoms with E-state index in [0.717, 1.165) is 31.2 Å². The first-order valence-corrected chi connectivity index (χ1v) is 17.0. The van der Waals surface area contributed by atoms with E-state index < -0.39 is 35.8 Å². The van der Waals surface area contributed by atoms with Crippen molar-refractivity contribution in [1.82, 2.24) is 21.3 Å². The average molecular weight is 687 g/mol. The summed E-state index contributed by atoms with van der Waals surface area (Å²) in [7, 11) is 0. The summed E-state index contributed by atoms with van der Waals surface area (Å²) in [5.74, 6) is -2.36. The van der Waals surface area contributed by atoms with Crippen LogP contribution in [0, 0.1) is 11.3 Å². The maximum absolute atomic E-state index is 13.6. The first-order valence-electron chi connectivity index (χ1n) is 17.0. The number of amides is 4. The highest BCUT2D eigenvalue weighted by Crippen LogP contribution is 2.10. The molecule has 16 nitrogen and oxygen atoms in total. The molecule has 1 aromatic carbocycles. The van der Waals surface area contributed by atoms with Gasteiger partial charge in [-0.15, -0.1) is 0 Å². The first-order chi connectivity index (χ1) is 23.2. The second-order valence-corrected chi connectivity index (χ2v) is 12.3. The van der Waals surface area contributed by atoms with Crippen molar-refractivity contribution in [3.8, 4) is 0 Å². The molecule has 0 aliphatic heterocycles. The van der Waals surface area contributed by atoms with Crippen LogP contribution >= 0.6 is 0 Å². The van der Waals surface area contributed by atoms with Gasteiger partial charge in [-0.05, 0) is 43.6 Å². The number of nitrogens with zero attached hydrogens (tertiary/aromatic N) is 2. The molecule has 0 aromatic heterocycles. The Labute approximate surface area is 289 Å². The Kier molecular flexibility index (Phi) is 20.2. The molecule has 4 amide bonds. The van der Waals surface area contributed by atoms with E-state index >= 15 is 0 Å². The second-order valence-electron chi connectivity index (χ2n) is 12.3. The van der Waals surface area contributed by atoms with Gasteiger partial charge in [0.25, 0.3) is 0 Å². The third kappa shape index (κ3) is 18.3. The van der Waals surface area contributed by atoms with E-state index in [1.807, 2.05) is 0 Å². The topological polar surface area (TPSA) is 295 Å². The van der Waals surface area contributed by atoms with Crippen LogP contribution in [0.1, 0.15) is 96.1 Å². The molecular formula is C33H58N12O4. The van der Waals surface area contributed by atoms with E-state index in [-0.39, 0.29) is 68.5 Å². The lowest BCUT2D eigenvalue weighted by atomic mass is 10.0. The zero-order valence-electron chi connectivity index (χ0n) is 29.2. The first kappa shape index (κ1) is 42.1. The van der Waals surface area contributed by atoms with Crippen LogP contribution in [0.5, 0.6) is 0 Å². The van der Waals surface area contributed by atoms with Gasteiger partial charge in [-0.1, -0.05) is 70.7 Å². The van der Waals surface area contributed by atoms with Crippen LogP contribution < -0.4 is 49.9 Å². The molecule has 0 aliphatic rings. The van der Waals surface area contributed by atoms with Gasteiger partial charge in [0.2, 0.25) is 23.6 Å². The van der Waals surface area contributed by atoms with E-state index in [9.17, 15) is 19.2 Å². The zero-order chi connectivity index (χ0) is 36.8. The summed E-state index contributed by atoms with van der Waals surface area (Å²) in [6.45, 7) is 6.34. The molecule has 0 heterocycles. The molecule has 1 rings (SSSR count). The molecule has 0 saturated carbocycles. The highest BCUT2D eigenvalue weighted by atomic mass is 16.2. The molecule has 15 N–H and O–H groups in total. The third-order valence-corrected chi connectivity index (χ3v) is 7.66. The highest BCUT2D eigenvalue weighted by Gasteiger charge is 2.31. The molecule has 0 bridgehead atoms. The number of carbonyl (C=O) groups is 4. The molecule has 0 saturated heterocycles. The van der Waals surface area contributed by atoms with Crippen molar-refractivity contribution in [1.29, 1.82) is 5.41 Å². The number of carbonyl (C=O) groups excluding carboxylic acids is 4. The second kappa shape index (κ2) is 23.4. The minimum atomic E-state index is -1.01. The molecule has 1 aromatic rings. The van der Waals surface area contributed by atoms with E-state index in [1.165, 1.54) is 0 Å². The number of nitrogens with two attached hydrogens (primary N) is 5. The maximum atomic E-state index is 13.6. The number of nitrogens with one attached hydrogen (secondary N) is 5. The minimum absolute atomic E-state index is 0.0663. The quantitative estimate of drug-likeness (QED) is 0.0402. The number of hydrogen-bond acceptors (Lipinski definition) is 7. The van der Waals surface area contributed by atoms with Crippen LogP contribution in [-0.2, 0) is 25.7 Å². The van der Waals surface area contributed by atoms with Crippen LogP contribution in [0.4, 0.5) is 0 Å². The van der Waals surface area contributed by atoms with Crippen molar-refractivity contribution in [3.63, 3.8) is 0 Å². The van der Waals surface area contributed by atoms with Crippen LogP contribution in [0.2, 0.25) is 0 Å². The third-order valence-electron chi connectivity index (χ3n) is 7.66. The van der Waals surface area contributed by atoms with Gasteiger partial charge < -0.3 is 49.9 Å². The summed E-state index contributed by atoms with van der Waals surface area (Å²) < 4.78 is 0. The lowest BCUT2D eigenvalue weighted by Gasteiger charge is -2.27. The number of guanidine groups is 2. The van der Waals surface area contributed by atoms with Crippen molar-refractivity contribution in [2.24, 2.45) is 44.6 Å². The van der Waals surface area contributed by atoms with Crippen molar-refractivity contribution >= 4 is 41.4 Å². The fourth-order valence-electron chi connectivity index (χ4n) is 4.87. The zero-order valence-corrected chi connectivity index (χ0v) is 29.2. The molecular weight excluding hydrogens is 628 g/mol. The molecule has 0 unspecified atom stereocenters. The van der Waals surface area contributed by atoms with Crippen molar-refractivity contribution in [3.05, 3.63) is 35.4 Å². The lowest BCUT2D eigenvalue weighted by molar-refractivity contribution is -0.134. The van der Waals surface area contributed by atoms with Crippen molar-refractivity contribution in [2.75, 3.05) is 13.1 Å². The van der Waals surface area contributed by atoms with Gasteiger partial charge in [0.05, 0.1) is 0 Å². The molecule has 0 aliphatic carbocycles. The number of aliphatic imine (C=N–C) groups is 2. The molecule has 0 fully saturated rings. The normalized spacial score (nSPS) is 12.6. The summed E-state index contributed by atoms with van der Waals surface area (Å²) in [4.78, 5) is 61.1. The summed E-state index contributed by atoms with van der Waals surface area (Å²) in [6.07, 6.45) is 6.43. The number of unbranched alkanes of at least 4 members (excludes halogenated alkanes) is 4. The Morgan fingerprint density at radius 2 is 1.27 bits per heavy atom. The van der Waals surface area contributed by atoms with Crippen LogP contribution in [0.15, 0.2) is 34.3 Å². The van der Waals surface area contributed by atoms with Gasteiger partial charge in [-0.25, -0.2) is 0 Å². The number of hydrogen-bond donors (Lipinski definition) is 10. The van der Waals surface area contributed by atoms with Crippen molar-refractivity contribution < 1.29 is 19.2 Å². The summed E-state index contributed by atoms with van der Waals surface area (Å²) >= 11 is 0. The summed E-state index contributed by atoms with van der Waals surface area (Å²) in [5, 5.41) is 18.8. The summed E-state index contributed by atoms with van der Waals surface area (Å²) in [5.41, 5.74) is 28.6. The Morgan fingerprint density at radius 1 is 0.714 bits per heavy atom. The fraction of sp³-hybridized carbons (Fsp3) is 0.606. The molecule has 0 radical (unpaired) electrons. The highest BCUT2D eigenvalue weighted by molar-refractivity contribution is 5.95. The van der Waals surface area contributed by atoms with Crippen LogP contribution in [0.25, 0.3) is 0 Å². The number of rotatable bonds is 24. The monoisotopic (exact) mass is 686 g/mol. The predicted molar refractivity (Wildman–Crippen MR) is 193 cm³/mol. The SMILES string of the molecule is CCCCCCCC(=O)N[C@@H](CCCN=C(N)N)C(=O)N[C@H](C(=O)N[C@@H](CCCN=C(N)N)C(=O)NCc1ccc(C(=N)N)cc1)C(C)C. The van der Waals surface area contributed by atoms with Gasteiger partial charge in [0.15, 0.2) is 11.9 Å². The molecule has 16 heteroatoms.